The molecule has 1 amide bonds. The van der Waals surface area contributed by atoms with Crippen LogP contribution in [0.4, 0.5) is 4.39 Å². The molecule has 7 nitrogen and oxygen atoms in total. The van der Waals surface area contributed by atoms with Gasteiger partial charge in [-0.25, -0.2) is 9.18 Å². The van der Waals surface area contributed by atoms with Crippen LogP contribution in [-0.4, -0.2) is 47.8 Å². The van der Waals surface area contributed by atoms with Crippen molar-refractivity contribution in [1.29, 1.82) is 0 Å². The Labute approximate surface area is 230 Å². The second-order valence-corrected chi connectivity index (χ2v) is 11.7. The Kier molecular flexibility index (Phi) is 7.41. The van der Waals surface area contributed by atoms with Gasteiger partial charge < -0.3 is 24.6 Å². The van der Waals surface area contributed by atoms with Crippen molar-refractivity contribution >= 4 is 23.6 Å². The maximum Gasteiger partial charge on any atom is 0.341 e. The number of aliphatic carboxylic acids is 1. The van der Waals surface area contributed by atoms with E-state index in [4.69, 9.17) is 19.3 Å². The normalized spacial score (nSPS) is 23.4. The summed E-state index contributed by atoms with van der Waals surface area (Å²) in [5.41, 5.74) is 1.26. The van der Waals surface area contributed by atoms with Gasteiger partial charge in [0.25, 0.3) is 0 Å². The lowest BCUT2D eigenvalue weighted by atomic mass is 9.74. The highest BCUT2D eigenvalue weighted by Gasteiger charge is 2.57. The Bertz CT molecular complexity index is 1320. The van der Waals surface area contributed by atoms with Crippen LogP contribution >= 0.6 is 11.8 Å². The standard InChI is InChI=1S/C30H30FNO6S/c1-28(2)17-37-29(38-18-28,20-6-4-3-5-7-20)19-39-26-27(35)32-30(26,21-8-12-23(31)13-9-21)22-10-14-24(15-11-22)36-16-25(33)34/h3-15,26H,16-19H2,1-2H3,(H,32,35)(H,33,34)/t26-,30-/m0/s1. The molecule has 0 bridgehead atoms. The number of carboxylic acid groups (broad SMARTS) is 1. The molecule has 2 saturated heterocycles. The van der Waals surface area contributed by atoms with E-state index < -0.39 is 29.2 Å². The number of halogens is 1. The van der Waals surface area contributed by atoms with Crippen molar-refractivity contribution in [2.45, 2.75) is 30.4 Å². The minimum Gasteiger partial charge on any atom is -0.482 e. The lowest BCUT2D eigenvalue weighted by molar-refractivity contribution is -0.295. The van der Waals surface area contributed by atoms with E-state index in [-0.39, 0.29) is 17.1 Å². The quantitative estimate of drug-likeness (QED) is 0.373. The average molecular weight is 552 g/mol. The summed E-state index contributed by atoms with van der Waals surface area (Å²) < 4.78 is 31.9. The van der Waals surface area contributed by atoms with Crippen molar-refractivity contribution < 1.29 is 33.3 Å². The number of ether oxygens (including phenoxy) is 3. The first-order chi connectivity index (χ1) is 18.6. The van der Waals surface area contributed by atoms with Crippen molar-refractivity contribution in [1.82, 2.24) is 5.32 Å². The second kappa shape index (κ2) is 10.6. The Balaban J connectivity index is 1.47. The average Bonchev–Trinajstić information content (AvgIpc) is 2.93. The molecule has 204 valence electrons. The van der Waals surface area contributed by atoms with Gasteiger partial charge in [-0.3, -0.25) is 4.79 Å². The Hall–Kier alpha value is -3.40. The molecule has 2 heterocycles. The number of amides is 1. The van der Waals surface area contributed by atoms with Crippen molar-refractivity contribution in [3.8, 4) is 5.75 Å². The highest BCUT2D eigenvalue weighted by molar-refractivity contribution is 8.00. The zero-order valence-electron chi connectivity index (χ0n) is 21.7. The number of carbonyl (C=O) groups excluding carboxylic acids is 1. The van der Waals surface area contributed by atoms with E-state index in [9.17, 15) is 14.0 Å². The first kappa shape index (κ1) is 27.2. The molecular weight excluding hydrogens is 521 g/mol. The van der Waals surface area contributed by atoms with Crippen molar-refractivity contribution in [3.63, 3.8) is 0 Å². The summed E-state index contributed by atoms with van der Waals surface area (Å²) in [4.78, 5) is 24.0. The topological polar surface area (TPSA) is 94.1 Å². The number of carboxylic acids is 1. The van der Waals surface area contributed by atoms with E-state index in [0.29, 0.717) is 24.7 Å². The maximum atomic E-state index is 13.9. The molecule has 2 aliphatic heterocycles. The monoisotopic (exact) mass is 551 g/mol. The Morgan fingerprint density at radius 3 is 2.13 bits per heavy atom. The smallest absolute Gasteiger partial charge is 0.341 e. The van der Waals surface area contributed by atoms with E-state index in [1.807, 2.05) is 30.3 Å². The number of rotatable bonds is 9. The van der Waals surface area contributed by atoms with E-state index >= 15 is 0 Å². The molecule has 0 unspecified atom stereocenters. The molecule has 3 aromatic rings. The highest BCUT2D eigenvalue weighted by Crippen LogP contribution is 2.48. The molecule has 3 aromatic carbocycles. The summed E-state index contributed by atoms with van der Waals surface area (Å²) in [6, 6.07) is 22.7. The summed E-state index contributed by atoms with van der Waals surface area (Å²) in [5.74, 6) is -1.90. The van der Waals surface area contributed by atoms with Crippen LogP contribution in [0.1, 0.15) is 30.5 Å². The van der Waals surface area contributed by atoms with Gasteiger partial charge in [-0.05, 0) is 35.4 Å². The molecule has 39 heavy (non-hydrogen) atoms. The molecule has 2 fully saturated rings. The van der Waals surface area contributed by atoms with Crippen molar-refractivity contribution in [2.75, 3.05) is 25.6 Å². The summed E-state index contributed by atoms with van der Waals surface area (Å²) in [6.45, 7) is 4.70. The number of hydrogen-bond acceptors (Lipinski definition) is 6. The molecule has 0 aliphatic carbocycles. The number of carbonyl (C=O) groups is 2. The predicted molar refractivity (Wildman–Crippen MR) is 145 cm³/mol. The Morgan fingerprint density at radius 1 is 0.974 bits per heavy atom. The first-order valence-electron chi connectivity index (χ1n) is 12.6. The minimum absolute atomic E-state index is 0.140. The van der Waals surface area contributed by atoms with E-state index in [1.165, 1.54) is 23.9 Å². The minimum atomic E-state index is -1.08. The molecule has 0 spiro atoms. The maximum absolute atomic E-state index is 13.9. The van der Waals surface area contributed by atoms with E-state index in [1.54, 1.807) is 36.4 Å². The fourth-order valence-corrected chi connectivity index (χ4v) is 6.37. The van der Waals surface area contributed by atoms with Gasteiger partial charge in [-0.15, -0.1) is 11.8 Å². The lowest BCUT2D eigenvalue weighted by Gasteiger charge is -2.51. The molecule has 2 atom stereocenters. The van der Waals surface area contributed by atoms with Crippen LogP contribution in [0.5, 0.6) is 5.75 Å². The van der Waals surface area contributed by atoms with Gasteiger partial charge in [0.15, 0.2) is 6.61 Å². The SMILES string of the molecule is CC1(C)COC(CS[C@H]2C(=O)N[C@@]2(c2ccc(F)cc2)c2ccc(OCC(=O)O)cc2)(c2ccccc2)OC1. The lowest BCUT2D eigenvalue weighted by Crippen LogP contribution is -2.69. The largest absolute Gasteiger partial charge is 0.482 e. The second-order valence-electron chi connectivity index (χ2n) is 10.6. The number of nitrogens with one attached hydrogen (secondary N) is 1. The van der Waals surface area contributed by atoms with Crippen LogP contribution in [0.2, 0.25) is 0 Å². The zero-order chi connectivity index (χ0) is 27.7. The van der Waals surface area contributed by atoms with Crippen LogP contribution < -0.4 is 10.1 Å². The van der Waals surface area contributed by atoms with Gasteiger partial charge in [0.2, 0.25) is 11.7 Å². The van der Waals surface area contributed by atoms with Crippen LogP contribution in [0.3, 0.4) is 0 Å². The molecule has 5 rings (SSSR count). The van der Waals surface area contributed by atoms with Gasteiger partial charge >= 0.3 is 5.97 Å². The van der Waals surface area contributed by atoms with Gasteiger partial charge in [0.05, 0.1) is 19.0 Å². The van der Waals surface area contributed by atoms with Crippen LogP contribution in [0, 0.1) is 11.2 Å². The number of benzene rings is 3. The van der Waals surface area contributed by atoms with Crippen molar-refractivity contribution in [2.24, 2.45) is 5.41 Å². The molecule has 2 aliphatic rings. The summed E-state index contributed by atoms with van der Waals surface area (Å²) in [7, 11) is 0. The Morgan fingerprint density at radius 2 is 1.56 bits per heavy atom. The third-order valence-electron chi connectivity index (χ3n) is 6.97. The molecule has 0 aromatic heterocycles. The van der Waals surface area contributed by atoms with Gasteiger partial charge in [-0.1, -0.05) is 68.4 Å². The van der Waals surface area contributed by atoms with Crippen LogP contribution in [0.25, 0.3) is 0 Å². The molecule has 0 saturated carbocycles. The fraction of sp³-hybridized carbons (Fsp3) is 0.333. The summed E-state index contributed by atoms with van der Waals surface area (Å²) in [5, 5.41) is 11.4. The number of β-lactam (4-membered cyclic amide) rings is 1. The van der Waals surface area contributed by atoms with Crippen molar-refractivity contribution in [3.05, 3.63) is 101 Å². The molecular formula is C30H30FNO6S. The van der Waals surface area contributed by atoms with E-state index in [2.05, 4.69) is 19.2 Å². The van der Waals surface area contributed by atoms with E-state index in [0.717, 1.165) is 16.7 Å². The molecule has 0 radical (unpaired) electrons. The van der Waals surface area contributed by atoms with Gasteiger partial charge in [-0.2, -0.15) is 0 Å². The van der Waals surface area contributed by atoms with Crippen LogP contribution in [0.15, 0.2) is 78.9 Å². The summed E-state index contributed by atoms with van der Waals surface area (Å²) >= 11 is 1.43. The van der Waals surface area contributed by atoms with Crippen LogP contribution in [-0.2, 0) is 30.4 Å². The third kappa shape index (κ3) is 5.39. The summed E-state index contributed by atoms with van der Waals surface area (Å²) in [6.07, 6.45) is 0. The third-order valence-corrected chi connectivity index (χ3v) is 8.42. The number of hydrogen-bond donors (Lipinski definition) is 2. The molecule has 9 heteroatoms. The highest BCUT2D eigenvalue weighted by atomic mass is 32.2. The predicted octanol–water partition coefficient (Wildman–Crippen LogP) is 4.69. The zero-order valence-corrected chi connectivity index (χ0v) is 22.5. The van der Waals surface area contributed by atoms with Gasteiger partial charge in [0, 0.05) is 11.0 Å². The number of thioether (sulfide) groups is 1. The first-order valence-corrected chi connectivity index (χ1v) is 13.7. The molecule has 2 N–H and O–H groups in total. The fourth-order valence-electron chi connectivity index (χ4n) is 4.86. The van der Waals surface area contributed by atoms with Gasteiger partial charge in [0.1, 0.15) is 22.4 Å².